The zero-order chi connectivity index (χ0) is 12.3. The van der Waals surface area contributed by atoms with E-state index in [4.69, 9.17) is 9.47 Å². The van der Waals surface area contributed by atoms with Crippen LogP contribution in [0.15, 0.2) is 12.1 Å². The van der Waals surface area contributed by atoms with Gasteiger partial charge in [0.15, 0.2) is 12.1 Å². The molecule has 0 spiro atoms. The van der Waals surface area contributed by atoms with Gasteiger partial charge < -0.3 is 9.47 Å². The lowest BCUT2D eigenvalue weighted by molar-refractivity contribution is -0.0413. The third-order valence-electron chi connectivity index (χ3n) is 3.08. The van der Waals surface area contributed by atoms with Crippen LogP contribution < -0.4 is 0 Å². The fourth-order valence-corrected chi connectivity index (χ4v) is 3.02. The predicted molar refractivity (Wildman–Crippen MR) is 67.4 cm³/mol. The standard InChI is InChI=1S/C13H18O3S/c1-3-9(4-2)12(14)10-5-6-11(17-10)13-15-7-8-16-13/h5-6,9,13H,3-4,7-8H2,1-2H3. The van der Waals surface area contributed by atoms with Gasteiger partial charge in [-0.1, -0.05) is 13.8 Å². The van der Waals surface area contributed by atoms with Crippen molar-refractivity contribution in [2.75, 3.05) is 13.2 Å². The Morgan fingerprint density at radius 1 is 1.35 bits per heavy atom. The molecule has 0 aromatic carbocycles. The second-order valence-corrected chi connectivity index (χ2v) is 5.27. The summed E-state index contributed by atoms with van der Waals surface area (Å²) in [6.45, 7) is 5.39. The smallest absolute Gasteiger partial charge is 0.193 e. The van der Waals surface area contributed by atoms with Gasteiger partial charge in [-0.3, -0.25) is 4.79 Å². The highest BCUT2D eigenvalue weighted by Crippen LogP contribution is 2.31. The highest BCUT2D eigenvalue weighted by molar-refractivity contribution is 7.14. The molecule has 4 heteroatoms. The minimum absolute atomic E-state index is 0.145. The quantitative estimate of drug-likeness (QED) is 0.755. The normalized spacial score (nSPS) is 16.9. The van der Waals surface area contributed by atoms with Crippen LogP contribution in [0, 0.1) is 5.92 Å². The van der Waals surface area contributed by atoms with Crippen LogP contribution in [0.25, 0.3) is 0 Å². The Labute approximate surface area is 106 Å². The number of carbonyl (C=O) groups excluding carboxylic acids is 1. The van der Waals surface area contributed by atoms with Crippen molar-refractivity contribution in [1.82, 2.24) is 0 Å². The molecular weight excluding hydrogens is 236 g/mol. The topological polar surface area (TPSA) is 35.5 Å². The molecule has 1 aromatic rings. The average Bonchev–Trinajstić information content (AvgIpc) is 3.01. The van der Waals surface area contributed by atoms with Crippen LogP contribution in [-0.2, 0) is 9.47 Å². The van der Waals surface area contributed by atoms with Crippen LogP contribution in [0.3, 0.4) is 0 Å². The van der Waals surface area contributed by atoms with E-state index in [0.29, 0.717) is 13.2 Å². The Balaban J connectivity index is 2.09. The number of thiophene rings is 1. The van der Waals surface area contributed by atoms with E-state index >= 15 is 0 Å². The highest BCUT2D eigenvalue weighted by atomic mass is 32.1. The Kier molecular flexibility index (Phi) is 4.31. The fourth-order valence-electron chi connectivity index (χ4n) is 2.00. The second kappa shape index (κ2) is 5.76. The number of hydrogen-bond acceptors (Lipinski definition) is 4. The van der Waals surface area contributed by atoms with E-state index in [-0.39, 0.29) is 18.0 Å². The molecule has 1 saturated heterocycles. The maximum Gasteiger partial charge on any atom is 0.193 e. The summed E-state index contributed by atoms with van der Waals surface area (Å²) in [4.78, 5) is 14.0. The molecule has 0 unspecified atom stereocenters. The van der Waals surface area contributed by atoms with Crippen molar-refractivity contribution in [3.63, 3.8) is 0 Å². The maximum absolute atomic E-state index is 12.2. The van der Waals surface area contributed by atoms with Crippen LogP contribution in [0.4, 0.5) is 0 Å². The van der Waals surface area contributed by atoms with Gasteiger partial charge in [-0.25, -0.2) is 0 Å². The molecule has 94 valence electrons. The predicted octanol–water partition coefficient (Wildman–Crippen LogP) is 3.41. The van der Waals surface area contributed by atoms with Crippen molar-refractivity contribution in [2.45, 2.75) is 33.0 Å². The van der Waals surface area contributed by atoms with Crippen molar-refractivity contribution in [2.24, 2.45) is 5.92 Å². The third kappa shape index (κ3) is 2.76. The first-order chi connectivity index (χ1) is 8.26. The third-order valence-corrected chi connectivity index (χ3v) is 4.20. The van der Waals surface area contributed by atoms with E-state index in [1.54, 1.807) is 0 Å². The number of rotatable bonds is 5. The first-order valence-electron chi connectivity index (χ1n) is 6.13. The van der Waals surface area contributed by atoms with Crippen molar-refractivity contribution in [1.29, 1.82) is 0 Å². The van der Waals surface area contributed by atoms with Crippen molar-refractivity contribution < 1.29 is 14.3 Å². The first kappa shape index (κ1) is 12.7. The fraction of sp³-hybridized carbons (Fsp3) is 0.615. The molecule has 0 atom stereocenters. The first-order valence-corrected chi connectivity index (χ1v) is 6.95. The highest BCUT2D eigenvalue weighted by Gasteiger charge is 2.23. The second-order valence-electron chi connectivity index (χ2n) is 4.15. The summed E-state index contributed by atoms with van der Waals surface area (Å²) in [7, 11) is 0. The van der Waals surface area contributed by atoms with Crippen LogP contribution in [0.2, 0.25) is 0 Å². The molecule has 0 aliphatic carbocycles. The molecular formula is C13H18O3S. The minimum atomic E-state index is -0.261. The largest absolute Gasteiger partial charge is 0.345 e. The molecule has 3 nitrogen and oxygen atoms in total. The summed E-state index contributed by atoms with van der Waals surface area (Å²) in [5, 5.41) is 0. The van der Waals surface area contributed by atoms with Gasteiger partial charge in [0.1, 0.15) is 0 Å². The molecule has 0 radical (unpaired) electrons. The molecule has 2 heterocycles. The van der Waals surface area contributed by atoms with E-state index in [2.05, 4.69) is 13.8 Å². The zero-order valence-corrected chi connectivity index (χ0v) is 11.1. The van der Waals surface area contributed by atoms with Crippen molar-refractivity contribution >= 4 is 17.1 Å². The van der Waals surface area contributed by atoms with Gasteiger partial charge in [0.2, 0.25) is 0 Å². The van der Waals surface area contributed by atoms with E-state index < -0.39 is 0 Å². The van der Waals surface area contributed by atoms with Gasteiger partial charge in [0, 0.05) is 5.92 Å². The lowest BCUT2D eigenvalue weighted by Gasteiger charge is -2.09. The molecule has 0 N–H and O–H groups in total. The molecule has 1 aromatic heterocycles. The molecule has 2 rings (SSSR count). The molecule has 17 heavy (non-hydrogen) atoms. The number of carbonyl (C=O) groups is 1. The van der Waals surface area contributed by atoms with Gasteiger partial charge in [-0.05, 0) is 25.0 Å². The number of hydrogen-bond donors (Lipinski definition) is 0. The molecule has 1 fully saturated rings. The van der Waals surface area contributed by atoms with Crippen LogP contribution in [0.5, 0.6) is 0 Å². The van der Waals surface area contributed by atoms with Crippen molar-refractivity contribution in [3.8, 4) is 0 Å². The Bertz CT molecular complexity index is 376. The average molecular weight is 254 g/mol. The van der Waals surface area contributed by atoms with Gasteiger partial charge in [0.25, 0.3) is 0 Å². The van der Waals surface area contributed by atoms with Gasteiger partial charge in [0.05, 0.1) is 23.0 Å². The van der Waals surface area contributed by atoms with E-state index in [9.17, 15) is 4.79 Å². The number of ether oxygens (including phenoxy) is 2. The minimum Gasteiger partial charge on any atom is -0.345 e. The monoisotopic (exact) mass is 254 g/mol. The van der Waals surface area contributed by atoms with E-state index in [1.807, 2.05) is 12.1 Å². The summed E-state index contributed by atoms with van der Waals surface area (Å²) in [5.74, 6) is 0.399. The SMILES string of the molecule is CCC(CC)C(=O)c1ccc(C2OCCO2)s1. The summed E-state index contributed by atoms with van der Waals surface area (Å²) in [5.41, 5.74) is 0. The number of Topliss-reactive ketones (excluding diaryl/α,β-unsaturated/α-hetero) is 1. The molecule has 0 amide bonds. The molecule has 1 aliphatic heterocycles. The Hall–Kier alpha value is -0.710. The molecule has 0 saturated carbocycles. The lowest BCUT2D eigenvalue weighted by Crippen LogP contribution is -2.11. The van der Waals surface area contributed by atoms with Crippen LogP contribution >= 0.6 is 11.3 Å². The Morgan fingerprint density at radius 2 is 2.00 bits per heavy atom. The summed E-state index contributed by atoms with van der Waals surface area (Å²) in [6.07, 6.45) is 1.54. The maximum atomic E-state index is 12.2. The van der Waals surface area contributed by atoms with Crippen molar-refractivity contribution in [3.05, 3.63) is 21.9 Å². The molecule has 1 aliphatic rings. The number of ketones is 1. The van der Waals surface area contributed by atoms with E-state index in [0.717, 1.165) is 22.6 Å². The van der Waals surface area contributed by atoms with Gasteiger partial charge >= 0.3 is 0 Å². The van der Waals surface area contributed by atoms with Crippen LogP contribution in [0.1, 0.15) is 47.5 Å². The van der Waals surface area contributed by atoms with Gasteiger partial charge in [-0.15, -0.1) is 11.3 Å². The summed E-state index contributed by atoms with van der Waals surface area (Å²) >= 11 is 1.50. The molecule has 0 bridgehead atoms. The lowest BCUT2D eigenvalue weighted by atomic mass is 9.97. The zero-order valence-electron chi connectivity index (χ0n) is 10.3. The Morgan fingerprint density at radius 3 is 2.59 bits per heavy atom. The van der Waals surface area contributed by atoms with E-state index in [1.165, 1.54) is 11.3 Å². The summed E-state index contributed by atoms with van der Waals surface area (Å²) < 4.78 is 10.8. The van der Waals surface area contributed by atoms with Crippen LogP contribution in [-0.4, -0.2) is 19.0 Å². The summed E-state index contributed by atoms with van der Waals surface area (Å²) in [6, 6.07) is 3.84. The van der Waals surface area contributed by atoms with Gasteiger partial charge in [-0.2, -0.15) is 0 Å².